The highest BCUT2D eigenvalue weighted by Gasteiger charge is 2.11. The Labute approximate surface area is 88.8 Å². The molecule has 0 saturated carbocycles. The van der Waals surface area contributed by atoms with E-state index in [2.05, 4.69) is 31.1 Å². The van der Waals surface area contributed by atoms with Gasteiger partial charge in [-0.3, -0.25) is 0 Å². The van der Waals surface area contributed by atoms with Gasteiger partial charge in [0.05, 0.1) is 0 Å². The molecular formula is C11H26N2O. The molecule has 0 amide bonds. The highest BCUT2D eigenvalue weighted by molar-refractivity contribution is 4.69. The number of nitrogens with one attached hydrogen (secondary N) is 1. The first-order valence-corrected chi connectivity index (χ1v) is 5.48. The van der Waals surface area contributed by atoms with Gasteiger partial charge in [-0.25, -0.2) is 0 Å². The van der Waals surface area contributed by atoms with Crippen LogP contribution >= 0.6 is 0 Å². The van der Waals surface area contributed by atoms with Crippen molar-refractivity contribution in [3.05, 3.63) is 0 Å². The fraction of sp³-hybridized carbons (Fsp3) is 1.00. The zero-order valence-corrected chi connectivity index (χ0v) is 10.3. The normalized spacial score (nSPS) is 15.9. The molecule has 0 aromatic rings. The zero-order valence-electron chi connectivity index (χ0n) is 10.3. The van der Waals surface area contributed by atoms with Gasteiger partial charge < -0.3 is 15.0 Å². The predicted molar refractivity (Wildman–Crippen MR) is 61.7 cm³/mol. The zero-order chi connectivity index (χ0) is 11.0. The maximum atomic E-state index is 5.04. The Morgan fingerprint density at radius 3 is 2.50 bits per heavy atom. The van der Waals surface area contributed by atoms with Crippen LogP contribution in [0.1, 0.15) is 26.7 Å². The van der Waals surface area contributed by atoms with E-state index in [-0.39, 0.29) is 0 Å². The molecule has 0 aliphatic heterocycles. The van der Waals surface area contributed by atoms with Crippen LogP contribution in [0.25, 0.3) is 0 Å². The van der Waals surface area contributed by atoms with Gasteiger partial charge in [0.25, 0.3) is 0 Å². The van der Waals surface area contributed by atoms with Crippen molar-refractivity contribution in [2.75, 3.05) is 34.4 Å². The molecule has 0 aromatic carbocycles. The Hall–Kier alpha value is -0.120. The van der Waals surface area contributed by atoms with Gasteiger partial charge in [0.1, 0.15) is 0 Å². The fourth-order valence-corrected chi connectivity index (χ4v) is 1.49. The average molecular weight is 202 g/mol. The van der Waals surface area contributed by atoms with Gasteiger partial charge >= 0.3 is 0 Å². The smallest absolute Gasteiger partial charge is 0.0474 e. The van der Waals surface area contributed by atoms with E-state index in [0.717, 1.165) is 19.6 Å². The Bertz CT molecular complexity index is 130. The highest BCUT2D eigenvalue weighted by atomic mass is 16.5. The summed E-state index contributed by atoms with van der Waals surface area (Å²) < 4.78 is 5.04. The summed E-state index contributed by atoms with van der Waals surface area (Å²) >= 11 is 0. The largest absolute Gasteiger partial charge is 0.385 e. The molecule has 0 aromatic heterocycles. The maximum absolute atomic E-state index is 5.04. The quantitative estimate of drug-likeness (QED) is 0.601. The molecule has 0 heterocycles. The van der Waals surface area contributed by atoms with Crippen molar-refractivity contribution in [1.82, 2.24) is 10.2 Å². The highest BCUT2D eigenvalue weighted by Crippen LogP contribution is 2.04. The molecule has 2 atom stereocenters. The summed E-state index contributed by atoms with van der Waals surface area (Å²) in [5.74, 6) is 0. The van der Waals surface area contributed by atoms with E-state index in [0.29, 0.717) is 12.1 Å². The number of rotatable bonds is 8. The predicted octanol–water partition coefficient (Wildman–Crippen LogP) is 1.34. The second-order valence-corrected chi connectivity index (χ2v) is 4.10. The van der Waals surface area contributed by atoms with Crippen molar-refractivity contribution in [3.8, 4) is 0 Å². The summed E-state index contributed by atoms with van der Waals surface area (Å²) in [6.07, 6.45) is 2.31. The minimum absolute atomic E-state index is 0.592. The van der Waals surface area contributed by atoms with Crippen LogP contribution in [0, 0.1) is 0 Å². The van der Waals surface area contributed by atoms with Gasteiger partial charge in [-0.05, 0) is 40.8 Å². The van der Waals surface area contributed by atoms with Crippen LogP contribution in [-0.2, 0) is 4.74 Å². The molecule has 3 heteroatoms. The molecule has 0 bridgehead atoms. The van der Waals surface area contributed by atoms with Crippen LogP contribution in [0.2, 0.25) is 0 Å². The van der Waals surface area contributed by atoms with E-state index < -0.39 is 0 Å². The molecule has 3 nitrogen and oxygen atoms in total. The lowest BCUT2D eigenvalue weighted by Crippen LogP contribution is -2.36. The van der Waals surface area contributed by atoms with Crippen molar-refractivity contribution in [2.24, 2.45) is 0 Å². The first kappa shape index (κ1) is 13.9. The fourth-order valence-electron chi connectivity index (χ4n) is 1.49. The Kier molecular flexibility index (Phi) is 8.14. The van der Waals surface area contributed by atoms with Crippen molar-refractivity contribution in [1.29, 1.82) is 0 Å². The minimum Gasteiger partial charge on any atom is -0.385 e. The van der Waals surface area contributed by atoms with E-state index in [4.69, 9.17) is 4.74 Å². The lowest BCUT2D eigenvalue weighted by molar-refractivity contribution is 0.163. The van der Waals surface area contributed by atoms with Crippen LogP contribution in [0.5, 0.6) is 0 Å². The molecule has 1 N–H and O–H groups in total. The van der Waals surface area contributed by atoms with Crippen molar-refractivity contribution in [2.45, 2.75) is 38.8 Å². The Balaban J connectivity index is 3.58. The average Bonchev–Trinajstić information content (AvgIpc) is 2.17. The number of ether oxygens (including phenoxy) is 1. The minimum atomic E-state index is 0.592. The summed E-state index contributed by atoms with van der Waals surface area (Å²) in [4.78, 5) is 2.40. The molecule has 0 aliphatic rings. The first-order chi connectivity index (χ1) is 6.61. The molecule has 86 valence electrons. The van der Waals surface area contributed by atoms with Crippen LogP contribution in [0.15, 0.2) is 0 Å². The van der Waals surface area contributed by atoms with Gasteiger partial charge in [-0.2, -0.15) is 0 Å². The van der Waals surface area contributed by atoms with Gasteiger partial charge in [0.15, 0.2) is 0 Å². The number of nitrogens with zero attached hydrogens (tertiary/aromatic N) is 1. The Morgan fingerprint density at radius 1 is 1.36 bits per heavy atom. The molecule has 0 fully saturated rings. The molecule has 0 spiro atoms. The molecule has 14 heavy (non-hydrogen) atoms. The standard InChI is InChI=1S/C11H26N2O/c1-10(12-3)9-11(2)13(4)7-6-8-14-5/h10-12H,6-9H2,1-5H3. The van der Waals surface area contributed by atoms with Crippen molar-refractivity contribution >= 4 is 0 Å². The maximum Gasteiger partial charge on any atom is 0.0474 e. The summed E-state index contributed by atoms with van der Waals surface area (Å²) in [6, 6.07) is 1.23. The summed E-state index contributed by atoms with van der Waals surface area (Å²) in [5, 5.41) is 3.27. The third-order valence-electron chi connectivity index (χ3n) is 2.80. The summed E-state index contributed by atoms with van der Waals surface area (Å²) in [6.45, 7) is 6.48. The number of hydrogen-bond donors (Lipinski definition) is 1. The van der Waals surface area contributed by atoms with Crippen molar-refractivity contribution < 1.29 is 4.74 Å². The second kappa shape index (κ2) is 8.21. The monoisotopic (exact) mass is 202 g/mol. The van der Waals surface area contributed by atoms with Crippen molar-refractivity contribution in [3.63, 3.8) is 0 Å². The lowest BCUT2D eigenvalue weighted by atomic mass is 10.1. The first-order valence-electron chi connectivity index (χ1n) is 5.48. The molecule has 0 aliphatic carbocycles. The topological polar surface area (TPSA) is 24.5 Å². The third-order valence-corrected chi connectivity index (χ3v) is 2.80. The van der Waals surface area contributed by atoms with Gasteiger partial charge in [0, 0.05) is 32.3 Å². The number of hydrogen-bond acceptors (Lipinski definition) is 3. The molecule has 0 radical (unpaired) electrons. The summed E-state index contributed by atoms with van der Waals surface area (Å²) in [5.41, 5.74) is 0. The molecular weight excluding hydrogens is 176 g/mol. The van der Waals surface area contributed by atoms with Gasteiger partial charge in [-0.15, -0.1) is 0 Å². The van der Waals surface area contributed by atoms with E-state index in [1.54, 1.807) is 7.11 Å². The Morgan fingerprint density at radius 2 is 2.00 bits per heavy atom. The molecule has 0 rings (SSSR count). The molecule has 2 unspecified atom stereocenters. The van der Waals surface area contributed by atoms with Crippen LogP contribution in [-0.4, -0.2) is 51.3 Å². The van der Waals surface area contributed by atoms with E-state index >= 15 is 0 Å². The van der Waals surface area contributed by atoms with Crippen LogP contribution < -0.4 is 5.32 Å². The summed E-state index contributed by atoms with van der Waals surface area (Å²) in [7, 11) is 5.96. The van der Waals surface area contributed by atoms with E-state index in [1.807, 2.05) is 7.05 Å². The lowest BCUT2D eigenvalue weighted by Gasteiger charge is -2.26. The van der Waals surface area contributed by atoms with Gasteiger partial charge in [0.2, 0.25) is 0 Å². The van der Waals surface area contributed by atoms with Crippen LogP contribution in [0.4, 0.5) is 0 Å². The molecule has 0 saturated heterocycles. The second-order valence-electron chi connectivity index (χ2n) is 4.10. The number of methoxy groups -OCH3 is 1. The third kappa shape index (κ3) is 6.35. The van der Waals surface area contributed by atoms with E-state index in [1.165, 1.54) is 6.42 Å². The van der Waals surface area contributed by atoms with Gasteiger partial charge in [-0.1, -0.05) is 0 Å². The SMILES string of the molecule is CNC(C)CC(C)N(C)CCCOC. The van der Waals surface area contributed by atoms with E-state index in [9.17, 15) is 0 Å². The van der Waals surface area contributed by atoms with Crippen LogP contribution in [0.3, 0.4) is 0 Å².